The Kier molecular flexibility index (Phi) is 8.80. The number of aromatic hydroxyl groups is 2. The molecule has 2 atom stereocenters. The van der Waals surface area contributed by atoms with Gasteiger partial charge in [-0.3, -0.25) is 19.4 Å². The summed E-state index contributed by atoms with van der Waals surface area (Å²) in [6.45, 7) is 0.544. The molecule has 0 unspecified atom stereocenters. The van der Waals surface area contributed by atoms with Gasteiger partial charge in [-0.25, -0.2) is 4.79 Å². The summed E-state index contributed by atoms with van der Waals surface area (Å²) >= 11 is 0. The third-order valence-corrected chi connectivity index (χ3v) is 4.50. The lowest BCUT2D eigenvalue weighted by Gasteiger charge is -2.14. The van der Waals surface area contributed by atoms with Crippen LogP contribution in [0.25, 0.3) is 0 Å². The van der Waals surface area contributed by atoms with Gasteiger partial charge in [0.2, 0.25) is 0 Å². The second-order valence-corrected chi connectivity index (χ2v) is 7.19. The van der Waals surface area contributed by atoms with E-state index in [1.807, 2.05) is 0 Å². The Hall–Kier alpha value is -4.11. The third-order valence-electron chi connectivity index (χ3n) is 4.50. The van der Waals surface area contributed by atoms with E-state index in [1.54, 1.807) is 0 Å². The van der Waals surface area contributed by atoms with Gasteiger partial charge >= 0.3 is 5.63 Å². The number of nitrogens with one attached hydrogen (secondary N) is 2. The highest BCUT2D eigenvalue weighted by Crippen LogP contribution is 2.31. The number of Topliss-reactive ketones (excluding diaryl/α,β-unsaturated/α-hetero) is 1. The molecule has 0 aliphatic rings. The molecule has 1 heterocycles. The molecule has 2 aromatic rings. The van der Waals surface area contributed by atoms with Crippen molar-refractivity contribution in [1.82, 2.24) is 0 Å². The van der Waals surface area contributed by atoms with Crippen LogP contribution in [0.3, 0.4) is 0 Å². The zero-order valence-corrected chi connectivity index (χ0v) is 18.5. The van der Waals surface area contributed by atoms with E-state index in [0.29, 0.717) is 0 Å². The quantitative estimate of drug-likeness (QED) is 0.155. The Morgan fingerprint density at radius 1 is 0.914 bits per heavy atom. The van der Waals surface area contributed by atoms with Crippen molar-refractivity contribution in [2.45, 2.75) is 26.1 Å². The molecule has 14 heteroatoms. The molecule has 1 aromatic carbocycles. The van der Waals surface area contributed by atoms with Gasteiger partial charge in [-0.2, -0.15) is 0 Å². The van der Waals surface area contributed by atoms with E-state index < -0.39 is 71.5 Å². The van der Waals surface area contributed by atoms with Crippen molar-refractivity contribution < 1.29 is 49.4 Å². The minimum absolute atomic E-state index is 0.0381. The number of aliphatic hydroxyl groups excluding tert-OH is 4. The summed E-state index contributed by atoms with van der Waals surface area (Å²) in [4.78, 5) is 51.9. The highest BCUT2D eigenvalue weighted by molar-refractivity contribution is 6.07. The molecule has 35 heavy (non-hydrogen) atoms. The van der Waals surface area contributed by atoms with Crippen molar-refractivity contribution in [3.05, 3.63) is 39.7 Å². The minimum atomic E-state index is -1.76. The number of amides is 2. The first kappa shape index (κ1) is 27.1. The Morgan fingerprint density at radius 2 is 1.40 bits per heavy atom. The first-order valence-corrected chi connectivity index (χ1v) is 9.89. The second kappa shape index (κ2) is 11.3. The van der Waals surface area contributed by atoms with Crippen LogP contribution in [0.4, 0.5) is 17.1 Å². The van der Waals surface area contributed by atoms with E-state index in [2.05, 4.69) is 20.0 Å². The molecule has 0 aliphatic carbocycles. The second-order valence-electron chi connectivity index (χ2n) is 7.19. The Bertz CT molecular complexity index is 1190. The number of rotatable bonds is 9. The van der Waals surface area contributed by atoms with Gasteiger partial charge in [0.1, 0.15) is 16.9 Å². The smallest absolute Gasteiger partial charge is 0.351 e. The van der Waals surface area contributed by atoms with Crippen molar-refractivity contribution in [3.8, 4) is 11.7 Å². The maximum absolute atomic E-state index is 12.2. The monoisotopic (exact) mass is 493 g/mol. The first-order chi connectivity index (χ1) is 16.4. The summed E-state index contributed by atoms with van der Waals surface area (Å²) in [5.74, 6) is -4.74. The number of hydrogen-bond donors (Lipinski definition) is 8. The zero-order chi connectivity index (χ0) is 26.4. The molecule has 0 saturated heterocycles. The lowest BCUT2D eigenvalue weighted by molar-refractivity contribution is -0.126. The Morgan fingerprint density at radius 3 is 1.83 bits per heavy atom. The van der Waals surface area contributed by atoms with Crippen molar-refractivity contribution in [2.75, 3.05) is 23.8 Å². The van der Waals surface area contributed by atoms with E-state index >= 15 is 0 Å². The van der Waals surface area contributed by atoms with Crippen molar-refractivity contribution in [2.24, 2.45) is 4.99 Å². The maximum atomic E-state index is 12.2. The number of benzene rings is 1. The molecule has 0 saturated carbocycles. The number of anilines is 2. The van der Waals surface area contributed by atoms with Crippen LogP contribution in [-0.2, 0) is 9.59 Å². The lowest BCUT2D eigenvalue weighted by Crippen LogP contribution is -2.31. The van der Waals surface area contributed by atoms with Crippen LogP contribution < -0.4 is 16.3 Å². The van der Waals surface area contributed by atoms with Crippen LogP contribution in [0.2, 0.25) is 0 Å². The van der Waals surface area contributed by atoms with Gasteiger partial charge in [0.15, 0.2) is 18.0 Å². The Labute approximate surface area is 196 Å². The van der Waals surface area contributed by atoms with E-state index in [4.69, 9.17) is 10.2 Å². The Balaban J connectivity index is 2.60. The summed E-state index contributed by atoms with van der Waals surface area (Å²) in [7, 11) is 0. The molecular formula is C21H23N3O11. The molecule has 0 fully saturated rings. The van der Waals surface area contributed by atoms with Crippen LogP contribution in [0.5, 0.6) is 11.7 Å². The zero-order valence-electron chi connectivity index (χ0n) is 18.5. The van der Waals surface area contributed by atoms with E-state index in [1.165, 1.54) is 25.1 Å². The molecule has 2 amide bonds. The fourth-order valence-electron chi connectivity index (χ4n) is 2.84. The molecule has 188 valence electrons. The highest BCUT2D eigenvalue weighted by Gasteiger charge is 2.24. The number of aliphatic imine (C=N–C) groups is 1. The predicted octanol–water partition coefficient (Wildman–Crippen LogP) is -1.02. The fraction of sp³-hybridized carbons (Fsp3) is 0.286. The molecule has 2 rings (SSSR count). The van der Waals surface area contributed by atoms with Gasteiger partial charge in [-0.15, -0.1) is 0 Å². The topological polar surface area (TPSA) is 239 Å². The van der Waals surface area contributed by atoms with Gasteiger partial charge in [-0.05, 0) is 32.0 Å². The SMILES string of the molecule is CC(=O)c1c(O)oc(=O)c(C(C)=Nc2cc(NC(=O)[C@H](O)CO)cc(NC(=O)[C@H](O)CO)c2)c1O. The summed E-state index contributed by atoms with van der Waals surface area (Å²) in [6, 6.07) is 3.67. The minimum Gasteiger partial charge on any atom is -0.506 e. The van der Waals surface area contributed by atoms with Crippen LogP contribution in [0.1, 0.15) is 29.8 Å². The first-order valence-electron chi connectivity index (χ1n) is 9.89. The van der Waals surface area contributed by atoms with Crippen LogP contribution in [-0.4, -0.2) is 79.4 Å². The van der Waals surface area contributed by atoms with E-state index in [0.717, 1.165) is 6.92 Å². The van der Waals surface area contributed by atoms with Gasteiger partial charge in [0.05, 0.1) is 24.6 Å². The summed E-state index contributed by atoms with van der Waals surface area (Å²) in [5, 5.41) is 61.4. The fourth-order valence-corrected chi connectivity index (χ4v) is 2.84. The summed E-state index contributed by atoms with van der Waals surface area (Å²) in [5.41, 5.74) is -2.71. The molecule has 0 aliphatic heterocycles. The third kappa shape index (κ3) is 6.48. The van der Waals surface area contributed by atoms with Crippen molar-refractivity contribution in [3.63, 3.8) is 0 Å². The number of nitrogens with zero attached hydrogens (tertiary/aromatic N) is 1. The molecule has 0 bridgehead atoms. The van der Waals surface area contributed by atoms with Crippen molar-refractivity contribution in [1.29, 1.82) is 0 Å². The van der Waals surface area contributed by atoms with Crippen LogP contribution in [0.15, 0.2) is 32.4 Å². The van der Waals surface area contributed by atoms with Gasteiger partial charge < -0.3 is 45.7 Å². The number of hydrogen-bond acceptors (Lipinski definition) is 12. The summed E-state index contributed by atoms with van der Waals surface area (Å²) < 4.78 is 4.59. The van der Waals surface area contributed by atoms with Gasteiger partial charge in [0.25, 0.3) is 17.8 Å². The molecule has 8 N–H and O–H groups in total. The largest absolute Gasteiger partial charge is 0.506 e. The normalized spacial score (nSPS) is 13.1. The molecule has 14 nitrogen and oxygen atoms in total. The number of carbonyl (C=O) groups is 3. The van der Waals surface area contributed by atoms with Gasteiger partial charge in [-0.1, -0.05) is 0 Å². The van der Waals surface area contributed by atoms with Crippen LogP contribution in [0, 0.1) is 0 Å². The lowest BCUT2D eigenvalue weighted by atomic mass is 10.1. The summed E-state index contributed by atoms with van der Waals surface area (Å²) in [6.07, 6.45) is -3.52. The van der Waals surface area contributed by atoms with Crippen molar-refractivity contribution >= 4 is 40.4 Å². The standard InChI is InChI=1S/C21H23N3O11/c1-8(15-17(30)16(9(2)27)21(34)35-20(15)33)22-10-3-11(23-18(31)13(28)6-25)5-12(4-10)24-19(32)14(29)7-26/h3-5,13-14,25-26,28-30,34H,6-7H2,1-2H3,(H,23,31)(H,24,32)/t13-,14-/m1/s1. The number of ketones is 1. The number of aliphatic hydroxyl groups is 4. The number of carbonyl (C=O) groups excluding carboxylic acids is 3. The molecule has 0 radical (unpaired) electrons. The van der Waals surface area contributed by atoms with Crippen LogP contribution >= 0.6 is 0 Å². The molecule has 0 spiro atoms. The average Bonchev–Trinajstić information content (AvgIpc) is 2.76. The van der Waals surface area contributed by atoms with E-state index in [9.17, 15) is 39.6 Å². The van der Waals surface area contributed by atoms with E-state index in [-0.39, 0.29) is 22.8 Å². The highest BCUT2D eigenvalue weighted by atomic mass is 16.5. The molecule has 1 aromatic heterocycles. The maximum Gasteiger partial charge on any atom is 0.351 e. The predicted molar refractivity (Wildman–Crippen MR) is 120 cm³/mol. The molecular weight excluding hydrogens is 470 g/mol. The van der Waals surface area contributed by atoms with Gasteiger partial charge in [0, 0.05) is 11.4 Å². The average molecular weight is 493 g/mol.